The fourth-order valence-electron chi connectivity index (χ4n) is 2.11. The van der Waals surface area contributed by atoms with Crippen molar-refractivity contribution in [3.8, 4) is 0 Å². The van der Waals surface area contributed by atoms with Gasteiger partial charge in [-0.1, -0.05) is 60.7 Å². The summed E-state index contributed by atoms with van der Waals surface area (Å²) in [4.78, 5) is 0. The molecule has 1 nitrogen and oxygen atoms in total. The molecule has 1 atom stereocenters. The number of aliphatic hydroxyl groups excluding tert-OH is 1. The van der Waals surface area contributed by atoms with Crippen molar-refractivity contribution in [2.24, 2.45) is 0 Å². The van der Waals surface area contributed by atoms with E-state index in [-0.39, 0.29) is 5.92 Å². The van der Waals surface area contributed by atoms with Crippen LogP contribution in [0.5, 0.6) is 0 Å². The lowest BCUT2D eigenvalue weighted by molar-refractivity contribution is 0.426. The molecule has 1 unspecified atom stereocenters. The van der Waals surface area contributed by atoms with Gasteiger partial charge in [0.05, 0.1) is 5.92 Å². The number of hydrogen-bond acceptors (Lipinski definition) is 1. The highest BCUT2D eigenvalue weighted by Crippen LogP contribution is 2.52. The van der Waals surface area contributed by atoms with Gasteiger partial charge in [-0.2, -0.15) is 0 Å². The third-order valence-electron chi connectivity index (χ3n) is 2.97. The molecule has 1 aliphatic carbocycles. The SMILES string of the molecule is OC1=C(c2ccccc2)C1c1ccccc1. The first-order chi connectivity index (χ1) is 7.88. The van der Waals surface area contributed by atoms with Gasteiger partial charge in [-0.3, -0.25) is 0 Å². The van der Waals surface area contributed by atoms with Crippen LogP contribution in [0, 0.1) is 0 Å². The zero-order valence-electron chi connectivity index (χ0n) is 8.80. The van der Waals surface area contributed by atoms with Crippen LogP contribution in [0.2, 0.25) is 0 Å². The van der Waals surface area contributed by atoms with Gasteiger partial charge in [0.15, 0.2) is 0 Å². The number of rotatable bonds is 2. The van der Waals surface area contributed by atoms with Gasteiger partial charge < -0.3 is 5.11 Å². The third kappa shape index (κ3) is 1.41. The van der Waals surface area contributed by atoms with Crippen molar-refractivity contribution in [2.45, 2.75) is 5.92 Å². The number of allylic oxidation sites excluding steroid dienone is 2. The average molecular weight is 208 g/mol. The second kappa shape index (κ2) is 3.53. The summed E-state index contributed by atoms with van der Waals surface area (Å²) >= 11 is 0. The van der Waals surface area contributed by atoms with Crippen LogP contribution in [0.4, 0.5) is 0 Å². The summed E-state index contributed by atoms with van der Waals surface area (Å²) < 4.78 is 0. The standard InChI is InChI=1S/C15H12O/c16-15-13(11-7-3-1-4-8-11)14(15)12-9-5-2-6-10-12/h1-10,13,16H. The first kappa shape index (κ1) is 9.22. The number of benzene rings is 2. The maximum atomic E-state index is 9.87. The van der Waals surface area contributed by atoms with Gasteiger partial charge in [0.25, 0.3) is 0 Å². The van der Waals surface area contributed by atoms with E-state index in [0.717, 1.165) is 11.1 Å². The number of aliphatic hydroxyl groups is 1. The monoisotopic (exact) mass is 208 g/mol. The zero-order valence-corrected chi connectivity index (χ0v) is 8.80. The second-order valence-electron chi connectivity index (χ2n) is 4.01. The molecule has 0 radical (unpaired) electrons. The van der Waals surface area contributed by atoms with Gasteiger partial charge in [0.2, 0.25) is 0 Å². The highest BCUT2D eigenvalue weighted by atomic mass is 16.3. The molecule has 78 valence electrons. The first-order valence-corrected chi connectivity index (χ1v) is 5.41. The van der Waals surface area contributed by atoms with E-state index < -0.39 is 0 Å². The van der Waals surface area contributed by atoms with Crippen LogP contribution in [-0.2, 0) is 0 Å². The molecule has 0 saturated heterocycles. The Hall–Kier alpha value is -2.02. The molecular weight excluding hydrogens is 196 g/mol. The lowest BCUT2D eigenvalue weighted by Crippen LogP contribution is -1.83. The molecule has 1 aliphatic rings. The van der Waals surface area contributed by atoms with Crippen molar-refractivity contribution in [3.05, 3.63) is 77.5 Å². The summed E-state index contributed by atoms with van der Waals surface area (Å²) in [5, 5.41) is 9.87. The van der Waals surface area contributed by atoms with Crippen molar-refractivity contribution in [3.63, 3.8) is 0 Å². The molecule has 1 heteroatoms. The van der Waals surface area contributed by atoms with Crippen LogP contribution in [0.1, 0.15) is 17.0 Å². The molecule has 2 aromatic carbocycles. The summed E-state index contributed by atoms with van der Waals surface area (Å²) in [7, 11) is 0. The van der Waals surface area contributed by atoms with Gasteiger partial charge in [0, 0.05) is 5.57 Å². The highest BCUT2D eigenvalue weighted by molar-refractivity contribution is 5.88. The fraction of sp³-hybridized carbons (Fsp3) is 0.0667. The molecule has 16 heavy (non-hydrogen) atoms. The maximum Gasteiger partial charge on any atom is 0.109 e. The summed E-state index contributed by atoms with van der Waals surface area (Å²) in [6, 6.07) is 20.2. The summed E-state index contributed by atoms with van der Waals surface area (Å²) in [5.41, 5.74) is 3.35. The molecule has 0 fully saturated rings. The van der Waals surface area contributed by atoms with E-state index in [9.17, 15) is 5.11 Å². The molecule has 0 saturated carbocycles. The lowest BCUT2D eigenvalue weighted by atomic mass is 10.0. The molecule has 3 rings (SSSR count). The van der Waals surface area contributed by atoms with Crippen LogP contribution < -0.4 is 0 Å². The molecule has 0 aromatic heterocycles. The van der Waals surface area contributed by atoms with Crippen LogP contribution >= 0.6 is 0 Å². The molecule has 0 spiro atoms. The predicted octanol–water partition coefficient (Wildman–Crippen LogP) is 3.75. The Labute approximate surface area is 94.7 Å². The van der Waals surface area contributed by atoms with Gasteiger partial charge in [-0.25, -0.2) is 0 Å². The Kier molecular flexibility index (Phi) is 2.03. The van der Waals surface area contributed by atoms with Crippen molar-refractivity contribution < 1.29 is 5.11 Å². The minimum atomic E-state index is 0.114. The van der Waals surface area contributed by atoms with E-state index in [1.165, 1.54) is 5.56 Å². The van der Waals surface area contributed by atoms with E-state index in [0.29, 0.717) is 5.76 Å². The van der Waals surface area contributed by atoms with E-state index in [1.807, 2.05) is 48.5 Å². The third-order valence-corrected chi connectivity index (χ3v) is 2.97. The van der Waals surface area contributed by atoms with Crippen molar-refractivity contribution in [1.82, 2.24) is 0 Å². The fourth-order valence-corrected chi connectivity index (χ4v) is 2.11. The van der Waals surface area contributed by atoms with Crippen molar-refractivity contribution in [2.75, 3.05) is 0 Å². The van der Waals surface area contributed by atoms with Crippen molar-refractivity contribution >= 4 is 5.57 Å². The molecule has 0 amide bonds. The predicted molar refractivity (Wildman–Crippen MR) is 65.2 cm³/mol. The summed E-state index contributed by atoms with van der Waals surface area (Å²) in [6.07, 6.45) is 0. The quantitative estimate of drug-likeness (QED) is 0.796. The van der Waals surface area contributed by atoms with E-state index >= 15 is 0 Å². The Bertz CT molecular complexity index is 526. The Morgan fingerprint density at radius 3 is 1.94 bits per heavy atom. The minimum Gasteiger partial charge on any atom is -0.511 e. The lowest BCUT2D eigenvalue weighted by Gasteiger charge is -1.99. The first-order valence-electron chi connectivity index (χ1n) is 5.41. The Balaban J connectivity index is 1.91. The average Bonchev–Trinajstić information content (AvgIpc) is 3.03. The van der Waals surface area contributed by atoms with Crippen LogP contribution in [0.15, 0.2) is 66.4 Å². The molecule has 2 aromatic rings. The van der Waals surface area contributed by atoms with Gasteiger partial charge in [-0.05, 0) is 11.1 Å². The van der Waals surface area contributed by atoms with Crippen LogP contribution in [0.3, 0.4) is 0 Å². The molecular formula is C15H12O. The molecule has 0 heterocycles. The normalized spacial score (nSPS) is 18.6. The Morgan fingerprint density at radius 2 is 1.31 bits per heavy atom. The van der Waals surface area contributed by atoms with Crippen molar-refractivity contribution in [1.29, 1.82) is 0 Å². The molecule has 1 N–H and O–H groups in total. The largest absolute Gasteiger partial charge is 0.511 e. The van der Waals surface area contributed by atoms with E-state index in [1.54, 1.807) is 0 Å². The van der Waals surface area contributed by atoms with E-state index in [2.05, 4.69) is 12.1 Å². The number of hydrogen-bond donors (Lipinski definition) is 1. The second-order valence-corrected chi connectivity index (χ2v) is 4.01. The summed E-state index contributed by atoms with van der Waals surface area (Å²) in [5.74, 6) is 0.626. The van der Waals surface area contributed by atoms with Gasteiger partial charge >= 0.3 is 0 Å². The highest BCUT2D eigenvalue weighted by Gasteiger charge is 2.38. The van der Waals surface area contributed by atoms with Gasteiger partial charge in [-0.15, -0.1) is 0 Å². The Morgan fingerprint density at radius 1 is 0.750 bits per heavy atom. The smallest absolute Gasteiger partial charge is 0.109 e. The molecule has 0 bridgehead atoms. The van der Waals surface area contributed by atoms with Gasteiger partial charge in [0.1, 0.15) is 5.76 Å². The minimum absolute atomic E-state index is 0.114. The van der Waals surface area contributed by atoms with E-state index in [4.69, 9.17) is 0 Å². The maximum absolute atomic E-state index is 9.87. The zero-order chi connectivity index (χ0) is 11.0. The van der Waals surface area contributed by atoms with Crippen LogP contribution in [-0.4, -0.2) is 5.11 Å². The molecule has 0 aliphatic heterocycles. The topological polar surface area (TPSA) is 20.2 Å². The summed E-state index contributed by atoms with van der Waals surface area (Å²) in [6.45, 7) is 0. The van der Waals surface area contributed by atoms with Crippen LogP contribution in [0.25, 0.3) is 5.57 Å².